The van der Waals surface area contributed by atoms with Gasteiger partial charge in [0.2, 0.25) is 0 Å². The number of hydrogen-bond donors (Lipinski definition) is 1. The molecule has 0 aliphatic carbocycles. The van der Waals surface area contributed by atoms with Gasteiger partial charge in [-0.15, -0.1) is 0 Å². The van der Waals surface area contributed by atoms with Gasteiger partial charge in [0.15, 0.2) is 6.23 Å². The topological polar surface area (TPSA) is 56.8 Å². The largest absolute Gasteiger partial charge is 0.497 e. The maximum atomic E-state index is 12.9. The Morgan fingerprint density at radius 3 is 2.39 bits per heavy atom. The third-order valence-corrected chi connectivity index (χ3v) is 6.87. The molecule has 0 aromatic heterocycles. The third kappa shape index (κ3) is 5.24. The molecule has 0 saturated heterocycles. The van der Waals surface area contributed by atoms with Crippen molar-refractivity contribution in [2.45, 2.75) is 24.7 Å². The molecular formula is C30H26BrNO4. The van der Waals surface area contributed by atoms with Gasteiger partial charge in [-0.25, -0.2) is 4.79 Å². The molecule has 0 unspecified atom stereocenters. The van der Waals surface area contributed by atoms with Gasteiger partial charge >= 0.3 is 6.09 Å². The lowest BCUT2D eigenvalue weighted by atomic mass is 9.74. The summed E-state index contributed by atoms with van der Waals surface area (Å²) < 4.78 is 18.3. The van der Waals surface area contributed by atoms with E-state index in [0.29, 0.717) is 0 Å². The van der Waals surface area contributed by atoms with E-state index in [9.17, 15) is 4.79 Å². The van der Waals surface area contributed by atoms with Gasteiger partial charge in [0.25, 0.3) is 0 Å². The van der Waals surface area contributed by atoms with Gasteiger partial charge in [0, 0.05) is 16.0 Å². The molecule has 3 atom stereocenters. The van der Waals surface area contributed by atoms with Crippen molar-refractivity contribution in [2.75, 3.05) is 7.11 Å². The van der Waals surface area contributed by atoms with Gasteiger partial charge < -0.3 is 14.2 Å². The summed E-state index contributed by atoms with van der Waals surface area (Å²) in [7, 11) is 1.66. The van der Waals surface area contributed by atoms with E-state index in [1.54, 1.807) is 7.11 Å². The van der Waals surface area contributed by atoms with Crippen LogP contribution in [0.3, 0.4) is 0 Å². The molecule has 1 aliphatic heterocycles. The highest BCUT2D eigenvalue weighted by molar-refractivity contribution is 9.10. The molecule has 1 N–H and O–H groups in total. The highest BCUT2D eigenvalue weighted by Crippen LogP contribution is 2.48. The van der Waals surface area contributed by atoms with Gasteiger partial charge in [0.05, 0.1) is 13.0 Å². The zero-order valence-electron chi connectivity index (χ0n) is 19.8. The predicted molar refractivity (Wildman–Crippen MR) is 142 cm³/mol. The Kier molecular flexibility index (Phi) is 7.23. The van der Waals surface area contributed by atoms with Crippen LogP contribution < -0.4 is 14.8 Å². The number of halogens is 1. The quantitative estimate of drug-likeness (QED) is 0.284. The minimum Gasteiger partial charge on any atom is -0.497 e. The van der Waals surface area contributed by atoms with Crippen LogP contribution in [-0.4, -0.2) is 19.4 Å². The summed E-state index contributed by atoms with van der Waals surface area (Å²) in [5, 5.41) is 3.00. The first-order valence-electron chi connectivity index (χ1n) is 11.7. The van der Waals surface area contributed by atoms with E-state index in [1.807, 2.05) is 72.8 Å². The van der Waals surface area contributed by atoms with Crippen molar-refractivity contribution in [3.8, 4) is 11.5 Å². The normalized spacial score (nSPS) is 18.4. The summed E-state index contributed by atoms with van der Waals surface area (Å²) >= 11 is 3.61. The number of carbonyl (C=O) groups excluding carboxylic acids is 1. The van der Waals surface area contributed by atoms with Crippen molar-refractivity contribution in [2.24, 2.45) is 0 Å². The number of para-hydroxylation sites is 1. The number of carbonyl (C=O) groups is 1. The lowest BCUT2D eigenvalue weighted by Crippen LogP contribution is -2.47. The molecule has 5 rings (SSSR count). The lowest BCUT2D eigenvalue weighted by molar-refractivity contribution is 0.0803. The second kappa shape index (κ2) is 10.9. The Balaban J connectivity index is 1.52. The van der Waals surface area contributed by atoms with Crippen molar-refractivity contribution in [3.05, 3.63) is 130 Å². The highest BCUT2D eigenvalue weighted by Gasteiger charge is 2.41. The van der Waals surface area contributed by atoms with Crippen molar-refractivity contribution in [1.82, 2.24) is 5.32 Å². The maximum Gasteiger partial charge on any atom is 0.410 e. The van der Waals surface area contributed by atoms with Crippen molar-refractivity contribution in [1.29, 1.82) is 0 Å². The maximum absolute atomic E-state index is 12.9. The van der Waals surface area contributed by atoms with Crippen LogP contribution in [0.15, 0.2) is 108 Å². The van der Waals surface area contributed by atoms with Crippen molar-refractivity contribution < 1.29 is 19.0 Å². The number of rotatable bonds is 6. The Labute approximate surface area is 219 Å². The van der Waals surface area contributed by atoms with E-state index in [1.165, 1.54) is 0 Å². The minimum absolute atomic E-state index is 0.0745. The summed E-state index contributed by atoms with van der Waals surface area (Å²) in [5.41, 5.74) is 4.11. The van der Waals surface area contributed by atoms with Crippen LogP contribution in [0.25, 0.3) is 0 Å². The minimum atomic E-state index is -0.649. The first kappa shape index (κ1) is 23.9. The molecule has 5 nitrogen and oxygen atoms in total. The van der Waals surface area contributed by atoms with Crippen LogP contribution in [-0.2, 0) is 11.3 Å². The van der Waals surface area contributed by atoms with Gasteiger partial charge in [-0.3, -0.25) is 5.32 Å². The Hall–Kier alpha value is -3.77. The van der Waals surface area contributed by atoms with Crippen LogP contribution in [0.4, 0.5) is 4.79 Å². The van der Waals surface area contributed by atoms with Gasteiger partial charge in [0.1, 0.15) is 18.1 Å². The molecule has 6 heteroatoms. The summed E-state index contributed by atoms with van der Waals surface area (Å²) in [6, 6.07) is 33.8. The zero-order chi connectivity index (χ0) is 24.9. The summed E-state index contributed by atoms with van der Waals surface area (Å²) in [6.07, 6.45) is -1.18. The fourth-order valence-electron chi connectivity index (χ4n) is 4.70. The van der Waals surface area contributed by atoms with Gasteiger partial charge in [-0.2, -0.15) is 0 Å². The summed E-state index contributed by atoms with van der Waals surface area (Å²) in [4.78, 5) is 12.9. The molecule has 0 bridgehead atoms. The van der Waals surface area contributed by atoms with Crippen LogP contribution in [0.2, 0.25) is 0 Å². The van der Waals surface area contributed by atoms with Crippen LogP contribution >= 0.6 is 15.9 Å². The number of methoxy groups -OCH3 is 1. The molecule has 4 aromatic rings. The summed E-state index contributed by atoms with van der Waals surface area (Å²) in [5.74, 6) is 1.24. The number of benzene rings is 4. The Bertz CT molecular complexity index is 1330. The van der Waals surface area contributed by atoms with Crippen molar-refractivity contribution in [3.63, 3.8) is 0 Å². The summed E-state index contributed by atoms with van der Waals surface area (Å²) in [6.45, 7) is 0.180. The molecule has 36 heavy (non-hydrogen) atoms. The first-order chi connectivity index (χ1) is 17.6. The molecule has 0 saturated carbocycles. The molecule has 4 aromatic carbocycles. The highest BCUT2D eigenvalue weighted by atomic mass is 79.9. The van der Waals surface area contributed by atoms with E-state index in [2.05, 4.69) is 51.6 Å². The van der Waals surface area contributed by atoms with E-state index in [0.717, 1.165) is 38.2 Å². The zero-order valence-corrected chi connectivity index (χ0v) is 21.4. The molecular weight excluding hydrogens is 518 g/mol. The molecule has 1 amide bonds. The predicted octanol–water partition coefficient (Wildman–Crippen LogP) is 7.02. The number of nitrogens with one attached hydrogen (secondary N) is 1. The molecule has 0 fully saturated rings. The second-order valence-corrected chi connectivity index (χ2v) is 9.53. The number of alkyl carbamates (subject to hydrolysis) is 1. The van der Waals surface area contributed by atoms with Gasteiger partial charge in [-0.1, -0.05) is 88.7 Å². The fraction of sp³-hybridized carbons (Fsp3) is 0.167. The standard InChI is InChI=1S/C30H26BrNO4/c1-34-24-16-14-21(15-17-24)27-25-12-5-6-13-26(25)36-29(28(27)22-10-7-11-23(31)18-22)32-30(33)35-19-20-8-3-2-4-9-20/h2-18,27-29H,19H2,1H3,(H,32,33)/t27-,28+,29+/m1/s1. The second-order valence-electron chi connectivity index (χ2n) is 8.61. The first-order valence-corrected chi connectivity index (χ1v) is 12.5. The average molecular weight is 544 g/mol. The van der Waals surface area contributed by atoms with Crippen LogP contribution in [0.5, 0.6) is 11.5 Å². The molecule has 0 spiro atoms. The van der Waals surface area contributed by atoms with E-state index >= 15 is 0 Å². The molecule has 182 valence electrons. The number of amides is 1. The number of fused-ring (bicyclic) bond motifs is 1. The molecule has 0 radical (unpaired) electrons. The number of hydrogen-bond acceptors (Lipinski definition) is 4. The molecule has 1 heterocycles. The Morgan fingerprint density at radius 1 is 0.889 bits per heavy atom. The van der Waals surface area contributed by atoms with Crippen molar-refractivity contribution >= 4 is 22.0 Å². The number of ether oxygens (including phenoxy) is 3. The fourth-order valence-corrected chi connectivity index (χ4v) is 5.12. The van der Waals surface area contributed by atoms with Crippen LogP contribution in [0.1, 0.15) is 34.1 Å². The lowest BCUT2D eigenvalue weighted by Gasteiger charge is -2.40. The molecule has 1 aliphatic rings. The average Bonchev–Trinajstić information content (AvgIpc) is 2.92. The third-order valence-electron chi connectivity index (χ3n) is 6.37. The Morgan fingerprint density at radius 2 is 1.64 bits per heavy atom. The van der Waals surface area contributed by atoms with Gasteiger partial charge in [-0.05, 0) is 47.0 Å². The SMILES string of the molecule is COc1ccc([C@@H]2c3ccccc3O[C@H](NC(=O)OCc3ccccc3)[C@H]2c2cccc(Br)c2)cc1. The van der Waals surface area contributed by atoms with Crippen LogP contribution in [0, 0.1) is 0 Å². The smallest absolute Gasteiger partial charge is 0.410 e. The monoisotopic (exact) mass is 543 g/mol. The van der Waals surface area contributed by atoms with E-state index in [-0.39, 0.29) is 18.4 Å². The van der Waals surface area contributed by atoms with E-state index in [4.69, 9.17) is 14.2 Å². The van der Waals surface area contributed by atoms with E-state index < -0.39 is 12.3 Å².